The van der Waals surface area contributed by atoms with Crippen molar-refractivity contribution in [2.24, 2.45) is 5.92 Å². The van der Waals surface area contributed by atoms with Gasteiger partial charge < -0.3 is 4.74 Å². The molecule has 2 aliphatic carbocycles. The van der Waals surface area contributed by atoms with Gasteiger partial charge in [-0.1, -0.05) is 24.3 Å². The molecule has 0 aromatic heterocycles. The minimum absolute atomic E-state index is 0. The Bertz CT molecular complexity index is 321. The van der Waals surface area contributed by atoms with E-state index >= 15 is 0 Å². The molecule has 1 unspecified atom stereocenters. The molecule has 0 aromatic carbocycles. The van der Waals surface area contributed by atoms with E-state index in [9.17, 15) is 0 Å². The molecule has 0 bridgehead atoms. The van der Waals surface area contributed by atoms with Crippen LogP contribution in [-0.4, -0.2) is 6.61 Å². The maximum Gasteiger partial charge on any atom is 0 e. The minimum atomic E-state index is 0. The van der Waals surface area contributed by atoms with Crippen LogP contribution in [0.25, 0.3) is 0 Å². The van der Waals surface area contributed by atoms with E-state index in [2.05, 4.69) is 57.2 Å². The van der Waals surface area contributed by atoms with Crippen molar-refractivity contribution in [2.75, 3.05) is 6.61 Å². The monoisotopic (exact) mass is 326 g/mol. The Balaban J connectivity index is 0. The fraction of sp³-hybridized carbons (Fsp3) is 0.294. The molecule has 2 rings (SSSR count). The summed E-state index contributed by atoms with van der Waals surface area (Å²) in [5.74, 6) is 1.65. The molecule has 6 radical (unpaired) electrons. The van der Waals surface area contributed by atoms with Crippen LogP contribution in [0.2, 0.25) is 0 Å². The van der Waals surface area contributed by atoms with Crippen molar-refractivity contribution in [2.45, 2.75) is 19.8 Å². The first kappa shape index (κ1) is 22.7. The van der Waals surface area contributed by atoms with Crippen LogP contribution < -0.4 is 0 Å². The predicted octanol–water partition coefficient (Wildman–Crippen LogP) is 3.41. The number of rotatable bonds is 4. The molecule has 1 saturated carbocycles. The van der Waals surface area contributed by atoms with Gasteiger partial charge in [-0.15, -0.1) is 0 Å². The van der Waals surface area contributed by atoms with Crippen LogP contribution in [0.4, 0.5) is 0 Å². The second-order valence-electron chi connectivity index (χ2n) is 3.97. The molecule has 0 heterocycles. The third kappa shape index (κ3) is 8.46. The van der Waals surface area contributed by atoms with Crippen LogP contribution in [-0.2, 0) is 31.1 Å². The normalized spacial score (nSPS) is 17.8. The molecule has 4 heteroatoms. The molecule has 3 nitrogen and oxygen atoms in total. The topological polar surface area (TPSA) is 49.0 Å². The van der Waals surface area contributed by atoms with Crippen molar-refractivity contribution < 1.29 is 31.1 Å². The molecular formula is C17H18FeO3. The molecule has 1 fully saturated rings. The van der Waals surface area contributed by atoms with E-state index in [1.165, 1.54) is 5.92 Å². The average molecular weight is 326 g/mol. The van der Waals surface area contributed by atoms with Gasteiger partial charge in [-0.05, 0) is 51.4 Å². The van der Waals surface area contributed by atoms with Crippen LogP contribution in [0, 0.1) is 56.9 Å². The SMILES string of the molecule is CCO[C]([C]1[CH]C=CC=C1)C1[CH][CH][CH]CC1.[C-]#[O+].[C-]#[O+].[Fe]. The van der Waals surface area contributed by atoms with Gasteiger partial charge in [-0.25, -0.2) is 0 Å². The van der Waals surface area contributed by atoms with Crippen LogP contribution >= 0.6 is 0 Å². The van der Waals surface area contributed by atoms with Gasteiger partial charge in [0.1, 0.15) is 6.10 Å². The van der Waals surface area contributed by atoms with Gasteiger partial charge in [0.05, 0.1) is 0 Å². The smallest absolute Gasteiger partial charge is 0 e. The summed E-state index contributed by atoms with van der Waals surface area (Å²) in [7, 11) is 0. The van der Waals surface area contributed by atoms with Crippen LogP contribution in [0.1, 0.15) is 19.8 Å². The van der Waals surface area contributed by atoms with Gasteiger partial charge in [-0.3, -0.25) is 0 Å². The van der Waals surface area contributed by atoms with E-state index in [0.717, 1.165) is 25.6 Å². The minimum Gasteiger partial charge on any atom is 0 e. The molecule has 2 aliphatic rings. The van der Waals surface area contributed by atoms with E-state index < -0.39 is 0 Å². The summed E-state index contributed by atoms with van der Waals surface area (Å²) < 4.78 is 20.8. The number of allylic oxidation sites excluding steroid dienone is 3. The summed E-state index contributed by atoms with van der Waals surface area (Å²) >= 11 is 0. The summed E-state index contributed by atoms with van der Waals surface area (Å²) in [6, 6.07) is 0. The predicted molar refractivity (Wildman–Crippen MR) is 74.2 cm³/mol. The first-order valence-corrected chi connectivity index (χ1v) is 6.37. The maximum atomic E-state index is 7.50. The van der Waals surface area contributed by atoms with Crippen LogP contribution in [0.15, 0.2) is 24.3 Å². The third-order valence-electron chi connectivity index (χ3n) is 2.82. The zero-order valence-electron chi connectivity index (χ0n) is 11.9. The van der Waals surface area contributed by atoms with Gasteiger partial charge >= 0.3 is 22.6 Å². The number of hydrogen-bond acceptors (Lipinski definition) is 1. The second kappa shape index (κ2) is 15.8. The molecule has 0 aliphatic heterocycles. The standard InChI is InChI=1S/C15H18O.2CO.Fe/c1-2-16-15(13-9-5-3-6-10-13)14-11-7-4-8-12-14;2*1-2;/h3-7,9-11,14H,2,8,12H2,1H3;;;. The third-order valence-corrected chi connectivity index (χ3v) is 2.82. The van der Waals surface area contributed by atoms with Crippen molar-refractivity contribution in [3.8, 4) is 0 Å². The van der Waals surface area contributed by atoms with E-state index in [1.807, 2.05) is 13.0 Å². The molecule has 0 saturated heterocycles. The van der Waals surface area contributed by atoms with Gasteiger partial charge in [0.25, 0.3) is 0 Å². The Morgan fingerprint density at radius 2 is 1.95 bits per heavy atom. The van der Waals surface area contributed by atoms with Crippen molar-refractivity contribution in [1.82, 2.24) is 0 Å². The summed E-state index contributed by atoms with van der Waals surface area (Å²) in [4.78, 5) is 0. The van der Waals surface area contributed by atoms with Crippen LogP contribution in [0.3, 0.4) is 0 Å². The molecule has 0 aromatic rings. The number of hydrogen-bond donors (Lipinski definition) is 0. The largest absolute Gasteiger partial charge is 0 e. The first-order chi connectivity index (χ1) is 9.92. The zero-order chi connectivity index (χ0) is 15.2. The summed E-state index contributed by atoms with van der Waals surface area (Å²) in [6.45, 7) is 11.8. The molecule has 0 N–H and O–H groups in total. The summed E-state index contributed by atoms with van der Waals surface area (Å²) in [5.41, 5.74) is 0. The Hall–Kier alpha value is -0.561. The van der Waals surface area contributed by atoms with E-state index in [-0.39, 0.29) is 17.1 Å². The van der Waals surface area contributed by atoms with Crippen molar-refractivity contribution >= 4 is 0 Å². The van der Waals surface area contributed by atoms with Crippen molar-refractivity contribution in [3.63, 3.8) is 0 Å². The van der Waals surface area contributed by atoms with Gasteiger partial charge in [0.2, 0.25) is 0 Å². The summed E-state index contributed by atoms with van der Waals surface area (Å²) in [6.07, 6.45) is 20.4. The molecule has 1 atom stereocenters. The molecule has 0 spiro atoms. The average Bonchev–Trinajstić information content (AvgIpc) is 2.58. The van der Waals surface area contributed by atoms with Crippen molar-refractivity contribution in [3.05, 3.63) is 75.3 Å². The molecule has 0 amide bonds. The Kier molecular flexibility index (Phi) is 17.1. The molecule has 112 valence electrons. The van der Waals surface area contributed by atoms with E-state index in [4.69, 9.17) is 14.0 Å². The fourth-order valence-electron chi connectivity index (χ4n) is 2.06. The van der Waals surface area contributed by atoms with E-state index in [0.29, 0.717) is 5.92 Å². The van der Waals surface area contributed by atoms with Gasteiger partial charge in [0.15, 0.2) is 0 Å². The fourth-order valence-corrected chi connectivity index (χ4v) is 2.06. The van der Waals surface area contributed by atoms with Crippen LogP contribution in [0.5, 0.6) is 0 Å². The first-order valence-electron chi connectivity index (χ1n) is 6.37. The summed E-state index contributed by atoms with van der Waals surface area (Å²) in [5, 5.41) is 0. The Labute approximate surface area is 139 Å². The van der Waals surface area contributed by atoms with Gasteiger partial charge in [0, 0.05) is 29.6 Å². The molecule has 21 heavy (non-hydrogen) atoms. The quantitative estimate of drug-likeness (QED) is 0.444. The number of ether oxygens (including phenoxy) is 1. The Morgan fingerprint density at radius 1 is 1.24 bits per heavy atom. The molecular weight excluding hydrogens is 308 g/mol. The maximum absolute atomic E-state index is 7.50. The van der Waals surface area contributed by atoms with Crippen molar-refractivity contribution in [1.29, 1.82) is 0 Å². The second-order valence-corrected chi connectivity index (χ2v) is 3.97. The van der Waals surface area contributed by atoms with E-state index in [1.54, 1.807) is 0 Å². The Morgan fingerprint density at radius 3 is 2.43 bits per heavy atom. The zero-order valence-corrected chi connectivity index (χ0v) is 13.0. The van der Waals surface area contributed by atoms with Gasteiger partial charge in [-0.2, -0.15) is 0 Å².